The van der Waals surface area contributed by atoms with Crippen LogP contribution >= 0.6 is 15.9 Å². The summed E-state index contributed by atoms with van der Waals surface area (Å²) in [5.74, 6) is 0.853. The summed E-state index contributed by atoms with van der Waals surface area (Å²) in [6, 6.07) is 0. The second-order valence-corrected chi connectivity index (χ2v) is 5.45. The first-order chi connectivity index (χ1) is 7.81. The summed E-state index contributed by atoms with van der Waals surface area (Å²) in [5.41, 5.74) is 0. The Morgan fingerprint density at radius 2 is 2.19 bits per heavy atom. The van der Waals surface area contributed by atoms with E-state index in [-0.39, 0.29) is 12.0 Å². The van der Waals surface area contributed by atoms with Gasteiger partial charge in [0.15, 0.2) is 0 Å². The Kier molecular flexibility index (Phi) is 4.65. The van der Waals surface area contributed by atoms with Gasteiger partial charge in [-0.2, -0.15) is 0 Å². The topological polar surface area (TPSA) is 29.5 Å². The molecule has 2 atom stereocenters. The Labute approximate surface area is 106 Å². The van der Waals surface area contributed by atoms with Crippen molar-refractivity contribution in [2.24, 2.45) is 5.92 Å². The van der Waals surface area contributed by atoms with E-state index in [1.165, 1.54) is 6.42 Å². The van der Waals surface area contributed by atoms with Crippen molar-refractivity contribution in [2.45, 2.75) is 38.2 Å². The van der Waals surface area contributed by atoms with Crippen LogP contribution in [-0.4, -0.2) is 41.9 Å². The first-order valence-electron chi connectivity index (χ1n) is 6.27. The van der Waals surface area contributed by atoms with Gasteiger partial charge in [0, 0.05) is 25.0 Å². The summed E-state index contributed by atoms with van der Waals surface area (Å²) in [5, 5.41) is 1.00. The minimum absolute atomic E-state index is 0.150. The lowest BCUT2D eigenvalue weighted by molar-refractivity contribution is -0.148. The average molecular weight is 290 g/mol. The fourth-order valence-electron chi connectivity index (χ4n) is 2.53. The lowest BCUT2D eigenvalue weighted by Gasteiger charge is -2.35. The summed E-state index contributed by atoms with van der Waals surface area (Å²) in [4.78, 5) is 14.2. The van der Waals surface area contributed by atoms with Crippen molar-refractivity contribution in [3.05, 3.63) is 0 Å². The molecule has 0 aliphatic carbocycles. The lowest BCUT2D eigenvalue weighted by Crippen LogP contribution is -2.46. The van der Waals surface area contributed by atoms with Gasteiger partial charge < -0.3 is 9.64 Å². The number of piperidine rings is 1. The van der Waals surface area contributed by atoms with Crippen LogP contribution in [0.25, 0.3) is 0 Å². The minimum Gasteiger partial charge on any atom is -0.368 e. The number of likely N-dealkylation sites (tertiary alicyclic amines) is 1. The van der Waals surface area contributed by atoms with E-state index >= 15 is 0 Å². The zero-order valence-electron chi connectivity index (χ0n) is 9.66. The molecule has 92 valence electrons. The van der Waals surface area contributed by atoms with Crippen molar-refractivity contribution in [1.82, 2.24) is 4.90 Å². The molecule has 2 aliphatic rings. The average Bonchev–Trinajstić information content (AvgIpc) is 2.39. The van der Waals surface area contributed by atoms with Gasteiger partial charge in [-0.15, -0.1) is 0 Å². The highest BCUT2D eigenvalue weighted by molar-refractivity contribution is 9.09. The van der Waals surface area contributed by atoms with Crippen molar-refractivity contribution >= 4 is 21.8 Å². The van der Waals surface area contributed by atoms with Gasteiger partial charge in [-0.3, -0.25) is 4.79 Å². The van der Waals surface area contributed by atoms with Crippen molar-refractivity contribution in [3.63, 3.8) is 0 Å². The first kappa shape index (κ1) is 12.4. The zero-order chi connectivity index (χ0) is 11.4. The monoisotopic (exact) mass is 289 g/mol. The molecule has 2 fully saturated rings. The van der Waals surface area contributed by atoms with E-state index in [4.69, 9.17) is 4.74 Å². The predicted octanol–water partition coefficient (Wildman–Crippen LogP) is 2.19. The number of amides is 1. The molecule has 2 saturated heterocycles. The van der Waals surface area contributed by atoms with Crippen molar-refractivity contribution in [2.75, 3.05) is 25.0 Å². The highest BCUT2D eigenvalue weighted by atomic mass is 79.9. The van der Waals surface area contributed by atoms with Crippen molar-refractivity contribution < 1.29 is 9.53 Å². The summed E-state index contributed by atoms with van der Waals surface area (Å²) in [7, 11) is 0. The number of halogens is 1. The number of alkyl halides is 1. The SMILES string of the molecule is O=C(C1CCCCO1)N1CCCC(CBr)C1. The van der Waals surface area contributed by atoms with Gasteiger partial charge in [-0.25, -0.2) is 0 Å². The van der Waals surface area contributed by atoms with Gasteiger partial charge in [0.2, 0.25) is 0 Å². The Hall–Kier alpha value is -0.0900. The van der Waals surface area contributed by atoms with Crippen LogP contribution in [0.2, 0.25) is 0 Å². The van der Waals surface area contributed by atoms with Crippen LogP contribution < -0.4 is 0 Å². The Balaban J connectivity index is 1.87. The molecular weight excluding hydrogens is 270 g/mol. The van der Waals surface area contributed by atoms with E-state index < -0.39 is 0 Å². The van der Waals surface area contributed by atoms with Crippen LogP contribution in [0.5, 0.6) is 0 Å². The summed E-state index contributed by atoms with van der Waals surface area (Å²) in [6.07, 6.45) is 5.37. The highest BCUT2D eigenvalue weighted by Gasteiger charge is 2.29. The molecule has 3 nitrogen and oxygen atoms in total. The van der Waals surface area contributed by atoms with E-state index in [0.717, 1.165) is 50.7 Å². The second kappa shape index (κ2) is 6.01. The molecule has 1 amide bonds. The molecule has 0 aromatic rings. The molecule has 2 unspecified atom stereocenters. The maximum atomic E-state index is 12.2. The molecule has 2 rings (SSSR count). The van der Waals surface area contributed by atoms with E-state index in [9.17, 15) is 4.79 Å². The number of carbonyl (C=O) groups excluding carboxylic acids is 1. The smallest absolute Gasteiger partial charge is 0.251 e. The fourth-order valence-corrected chi connectivity index (χ4v) is 3.06. The Morgan fingerprint density at radius 3 is 2.88 bits per heavy atom. The minimum atomic E-state index is -0.150. The number of hydrogen-bond acceptors (Lipinski definition) is 2. The maximum Gasteiger partial charge on any atom is 0.251 e. The standard InChI is InChI=1S/C12H20BrNO2/c13-8-10-4-3-6-14(9-10)12(15)11-5-1-2-7-16-11/h10-11H,1-9H2. The number of nitrogens with zero attached hydrogens (tertiary/aromatic N) is 1. The van der Waals surface area contributed by atoms with E-state index in [0.29, 0.717) is 5.92 Å². The third-order valence-electron chi connectivity index (χ3n) is 3.50. The van der Waals surface area contributed by atoms with Gasteiger partial charge in [-0.05, 0) is 38.0 Å². The third-order valence-corrected chi connectivity index (χ3v) is 4.42. The largest absolute Gasteiger partial charge is 0.368 e. The van der Waals surface area contributed by atoms with Gasteiger partial charge in [0.1, 0.15) is 6.10 Å². The summed E-state index contributed by atoms with van der Waals surface area (Å²) < 4.78 is 5.56. The molecular formula is C12H20BrNO2. The van der Waals surface area contributed by atoms with Gasteiger partial charge in [0.05, 0.1) is 0 Å². The highest BCUT2D eigenvalue weighted by Crippen LogP contribution is 2.21. The van der Waals surface area contributed by atoms with Gasteiger partial charge in [0.25, 0.3) is 5.91 Å². The molecule has 0 aromatic carbocycles. The molecule has 0 spiro atoms. The Morgan fingerprint density at radius 1 is 1.31 bits per heavy atom. The molecule has 0 N–H and O–H groups in total. The number of rotatable bonds is 2. The molecule has 2 aliphatic heterocycles. The summed E-state index contributed by atoms with van der Waals surface area (Å²) >= 11 is 3.51. The number of hydrogen-bond donors (Lipinski definition) is 0. The molecule has 4 heteroatoms. The Bertz CT molecular complexity index is 241. The zero-order valence-corrected chi connectivity index (χ0v) is 11.2. The molecule has 2 heterocycles. The van der Waals surface area contributed by atoms with Crippen LogP contribution in [0.1, 0.15) is 32.1 Å². The molecule has 0 saturated carbocycles. The van der Waals surface area contributed by atoms with Crippen LogP contribution in [0.15, 0.2) is 0 Å². The lowest BCUT2D eigenvalue weighted by atomic mass is 9.99. The van der Waals surface area contributed by atoms with Crippen molar-refractivity contribution in [1.29, 1.82) is 0 Å². The van der Waals surface area contributed by atoms with E-state index in [1.807, 2.05) is 4.90 Å². The van der Waals surface area contributed by atoms with E-state index in [1.54, 1.807) is 0 Å². The molecule has 0 radical (unpaired) electrons. The van der Waals surface area contributed by atoms with Crippen molar-refractivity contribution in [3.8, 4) is 0 Å². The third kappa shape index (κ3) is 2.98. The fraction of sp³-hybridized carbons (Fsp3) is 0.917. The molecule has 16 heavy (non-hydrogen) atoms. The molecule has 0 aromatic heterocycles. The predicted molar refractivity (Wildman–Crippen MR) is 66.7 cm³/mol. The van der Waals surface area contributed by atoms with Crippen LogP contribution in [0.3, 0.4) is 0 Å². The first-order valence-corrected chi connectivity index (χ1v) is 7.39. The second-order valence-electron chi connectivity index (χ2n) is 4.80. The van der Waals surface area contributed by atoms with Crippen LogP contribution in [0.4, 0.5) is 0 Å². The van der Waals surface area contributed by atoms with Crippen LogP contribution in [-0.2, 0) is 9.53 Å². The van der Waals surface area contributed by atoms with Gasteiger partial charge in [-0.1, -0.05) is 15.9 Å². The maximum absolute atomic E-state index is 12.2. The number of ether oxygens (including phenoxy) is 1. The summed E-state index contributed by atoms with van der Waals surface area (Å²) in [6.45, 7) is 2.58. The quantitative estimate of drug-likeness (QED) is 0.730. The van der Waals surface area contributed by atoms with Gasteiger partial charge >= 0.3 is 0 Å². The van der Waals surface area contributed by atoms with Crippen LogP contribution in [0, 0.1) is 5.92 Å². The normalized spacial score (nSPS) is 31.4. The number of carbonyl (C=O) groups is 1. The van der Waals surface area contributed by atoms with E-state index in [2.05, 4.69) is 15.9 Å². The molecule has 0 bridgehead atoms.